The van der Waals surface area contributed by atoms with Crippen LogP contribution in [0.2, 0.25) is 0 Å². The summed E-state index contributed by atoms with van der Waals surface area (Å²) in [5.41, 5.74) is 0.322. The van der Waals surface area contributed by atoms with Crippen LogP contribution in [-0.2, 0) is 0 Å². The number of halogens is 3. The van der Waals surface area contributed by atoms with E-state index in [1.807, 2.05) is 0 Å². The average molecular weight is 290 g/mol. The molecule has 1 fully saturated rings. The molecule has 1 saturated heterocycles. The highest BCUT2D eigenvalue weighted by Crippen LogP contribution is 2.34. The highest BCUT2D eigenvalue weighted by atomic mass is 19.4. The predicted octanol–water partition coefficient (Wildman–Crippen LogP) is 2.49. The number of anilines is 1. The van der Waals surface area contributed by atoms with E-state index in [0.717, 1.165) is 0 Å². The van der Waals surface area contributed by atoms with Crippen molar-refractivity contribution >= 4 is 11.4 Å². The van der Waals surface area contributed by atoms with Crippen LogP contribution in [-0.4, -0.2) is 34.9 Å². The number of nitro benzene ring substituents is 1. The van der Waals surface area contributed by atoms with E-state index in [1.54, 1.807) is 0 Å². The molecule has 0 aliphatic carbocycles. The van der Waals surface area contributed by atoms with E-state index in [9.17, 15) is 28.4 Å². The Morgan fingerprint density at radius 1 is 1.35 bits per heavy atom. The summed E-state index contributed by atoms with van der Waals surface area (Å²) in [5, 5.41) is 19.9. The van der Waals surface area contributed by atoms with Crippen molar-refractivity contribution in [3.05, 3.63) is 34.4 Å². The van der Waals surface area contributed by atoms with Crippen LogP contribution in [0.1, 0.15) is 12.8 Å². The Morgan fingerprint density at radius 3 is 2.45 bits per heavy atom. The van der Waals surface area contributed by atoms with Gasteiger partial charge in [0.25, 0.3) is 5.69 Å². The Kier molecular flexibility index (Phi) is 3.85. The highest BCUT2D eigenvalue weighted by molar-refractivity contribution is 5.52. The maximum atomic E-state index is 12.6. The summed E-state index contributed by atoms with van der Waals surface area (Å²) in [6, 6.07) is 4.24. The average Bonchev–Trinajstić information content (AvgIpc) is 2.85. The van der Waals surface area contributed by atoms with Gasteiger partial charge in [-0.2, -0.15) is 13.2 Å². The third kappa shape index (κ3) is 2.84. The molecule has 0 bridgehead atoms. The molecular weight excluding hydrogens is 277 g/mol. The van der Waals surface area contributed by atoms with Crippen molar-refractivity contribution < 1.29 is 23.2 Å². The van der Waals surface area contributed by atoms with Gasteiger partial charge in [-0.25, -0.2) is 0 Å². The van der Waals surface area contributed by atoms with Crippen molar-refractivity contribution in [3.8, 4) is 0 Å². The molecule has 20 heavy (non-hydrogen) atoms. The van der Waals surface area contributed by atoms with Crippen LogP contribution in [0.5, 0.6) is 0 Å². The molecule has 110 valence electrons. The number of aliphatic hydroxyl groups is 1. The standard InChI is InChI=1S/C12H13F3N2O3/c13-12(14,15)11(18)10-2-1-7-16(10)8-3-5-9(6-4-8)17(19)20/h3-6,10-11,18H,1-2,7H2/t10-,11-/m0/s1. The summed E-state index contributed by atoms with van der Waals surface area (Å²) >= 11 is 0. The molecule has 8 heteroatoms. The molecule has 0 saturated carbocycles. The lowest BCUT2D eigenvalue weighted by Gasteiger charge is -2.31. The molecule has 0 aromatic heterocycles. The second kappa shape index (κ2) is 5.28. The van der Waals surface area contributed by atoms with Crippen LogP contribution in [0.25, 0.3) is 0 Å². The lowest BCUT2D eigenvalue weighted by molar-refractivity contribution is -0.384. The van der Waals surface area contributed by atoms with Crippen molar-refractivity contribution in [2.24, 2.45) is 0 Å². The topological polar surface area (TPSA) is 66.6 Å². The fraction of sp³-hybridized carbons (Fsp3) is 0.500. The van der Waals surface area contributed by atoms with Crippen LogP contribution < -0.4 is 4.90 Å². The Bertz CT molecular complexity index is 490. The number of hydrogen-bond donors (Lipinski definition) is 1. The van der Waals surface area contributed by atoms with E-state index in [4.69, 9.17) is 0 Å². The summed E-state index contributed by atoms with van der Waals surface area (Å²) in [5.74, 6) is 0. The van der Waals surface area contributed by atoms with E-state index in [1.165, 1.54) is 29.2 Å². The maximum absolute atomic E-state index is 12.6. The molecule has 1 aromatic rings. The van der Waals surface area contributed by atoms with E-state index in [2.05, 4.69) is 0 Å². The second-order valence-corrected chi connectivity index (χ2v) is 4.66. The van der Waals surface area contributed by atoms with Crippen molar-refractivity contribution in [1.29, 1.82) is 0 Å². The maximum Gasteiger partial charge on any atom is 0.416 e. The summed E-state index contributed by atoms with van der Waals surface area (Å²) < 4.78 is 37.8. The SMILES string of the molecule is O=[N+]([O-])c1ccc(N2CCC[C@H]2[C@H](O)C(F)(F)F)cc1. The number of non-ortho nitro benzene ring substituents is 1. The first-order valence-corrected chi connectivity index (χ1v) is 6.06. The van der Waals surface area contributed by atoms with Gasteiger partial charge in [0.15, 0.2) is 6.10 Å². The fourth-order valence-corrected chi connectivity index (χ4v) is 2.43. The van der Waals surface area contributed by atoms with Crippen LogP contribution in [0, 0.1) is 10.1 Å². The number of aliphatic hydroxyl groups excluding tert-OH is 1. The number of benzene rings is 1. The van der Waals surface area contributed by atoms with Gasteiger partial charge in [-0.1, -0.05) is 0 Å². The molecule has 1 aliphatic heterocycles. The number of nitrogens with zero attached hydrogens (tertiary/aromatic N) is 2. The van der Waals surface area contributed by atoms with Crippen molar-refractivity contribution in [3.63, 3.8) is 0 Å². The van der Waals surface area contributed by atoms with Crippen LogP contribution in [0.3, 0.4) is 0 Å². The van der Waals surface area contributed by atoms with Crippen LogP contribution in [0.4, 0.5) is 24.5 Å². The normalized spacial score (nSPS) is 21.0. The van der Waals surface area contributed by atoms with Gasteiger partial charge in [0.1, 0.15) is 0 Å². The molecule has 1 aromatic carbocycles. The quantitative estimate of drug-likeness (QED) is 0.686. The van der Waals surface area contributed by atoms with Crippen LogP contribution in [0.15, 0.2) is 24.3 Å². The summed E-state index contributed by atoms with van der Waals surface area (Å²) in [6.45, 7) is 0.385. The zero-order valence-corrected chi connectivity index (χ0v) is 10.4. The predicted molar refractivity (Wildman–Crippen MR) is 65.5 cm³/mol. The number of alkyl halides is 3. The number of rotatable bonds is 3. The van der Waals surface area contributed by atoms with Gasteiger partial charge >= 0.3 is 6.18 Å². The van der Waals surface area contributed by atoms with Gasteiger partial charge in [0, 0.05) is 24.4 Å². The lowest BCUT2D eigenvalue weighted by Crippen LogP contribution is -2.47. The fourth-order valence-electron chi connectivity index (χ4n) is 2.43. The minimum Gasteiger partial charge on any atom is -0.382 e. The Balaban J connectivity index is 2.20. The first-order valence-electron chi connectivity index (χ1n) is 6.06. The second-order valence-electron chi connectivity index (χ2n) is 4.66. The number of hydrogen-bond acceptors (Lipinski definition) is 4. The molecule has 0 radical (unpaired) electrons. The molecule has 2 rings (SSSR count). The first kappa shape index (κ1) is 14.6. The van der Waals surface area contributed by atoms with Gasteiger partial charge in [0.05, 0.1) is 11.0 Å². The molecular formula is C12H13F3N2O3. The molecule has 5 nitrogen and oxygen atoms in total. The zero-order valence-electron chi connectivity index (χ0n) is 10.4. The Morgan fingerprint density at radius 2 is 1.95 bits per heavy atom. The summed E-state index contributed by atoms with van der Waals surface area (Å²) in [6.07, 6.45) is -6.32. The number of nitro groups is 1. The zero-order chi connectivity index (χ0) is 14.9. The Hall–Kier alpha value is -1.83. The third-order valence-corrected chi connectivity index (χ3v) is 3.39. The Labute approximate surface area is 112 Å². The van der Waals surface area contributed by atoms with Gasteiger partial charge < -0.3 is 10.0 Å². The van der Waals surface area contributed by atoms with Gasteiger partial charge in [-0.3, -0.25) is 10.1 Å². The monoisotopic (exact) mass is 290 g/mol. The molecule has 1 heterocycles. The van der Waals surface area contributed by atoms with Crippen molar-refractivity contribution in [1.82, 2.24) is 0 Å². The molecule has 0 spiro atoms. The van der Waals surface area contributed by atoms with Crippen molar-refractivity contribution in [2.45, 2.75) is 31.2 Å². The molecule has 2 atom stereocenters. The third-order valence-electron chi connectivity index (χ3n) is 3.39. The molecule has 0 unspecified atom stereocenters. The smallest absolute Gasteiger partial charge is 0.382 e. The largest absolute Gasteiger partial charge is 0.416 e. The van der Waals surface area contributed by atoms with E-state index >= 15 is 0 Å². The minimum absolute atomic E-state index is 0.124. The van der Waals surface area contributed by atoms with Crippen molar-refractivity contribution in [2.75, 3.05) is 11.4 Å². The molecule has 1 aliphatic rings. The highest BCUT2D eigenvalue weighted by Gasteiger charge is 2.47. The van der Waals surface area contributed by atoms with Gasteiger partial charge in [0.2, 0.25) is 0 Å². The summed E-state index contributed by atoms with van der Waals surface area (Å²) in [7, 11) is 0. The molecule has 0 amide bonds. The van der Waals surface area contributed by atoms with E-state index in [-0.39, 0.29) is 12.1 Å². The minimum atomic E-state index is -4.67. The van der Waals surface area contributed by atoms with Gasteiger partial charge in [-0.05, 0) is 25.0 Å². The van der Waals surface area contributed by atoms with Crippen LogP contribution >= 0.6 is 0 Å². The van der Waals surface area contributed by atoms with E-state index < -0.39 is 23.2 Å². The first-order chi connectivity index (χ1) is 9.30. The molecule has 1 N–H and O–H groups in total. The lowest BCUT2D eigenvalue weighted by atomic mass is 10.1. The van der Waals surface area contributed by atoms with Gasteiger partial charge in [-0.15, -0.1) is 0 Å². The summed E-state index contributed by atoms with van der Waals surface area (Å²) in [4.78, 5) is 11.4. The van der Waals surface area contributed by atoms with E-state index in [0.29, 0.717) is 18.7 Å².